The summed E-state index contributed by atoms with van der Waals surface area (Å²) in [5.74, 6) is -0.199. The van der Waals surface area contributed by atoms with Gasteiger partial charge in [-0.15, -0.1) is 0 Å². The number of aryl methyl sites for hydroxylation is 1. The van der Waals surface area contributed by atoms with E-state index in [4.69, 9.17) is 0 Å². The van der Waals surface area contributed by atoms with E-state index in [-0.39, 0.29) is 11.7 Å². The number of aldehydes is 1. The van der Waals surface area contributed by atoms with Gasteiger partial charge in [-0.1, -0.05) is 30.0 Å². The fraction of sp³-hybridized carbons (Fsp3) is 0.214. The number of carbonyl (C=O) groups is 2. The summed E-state index contributed by atoms with van der Waals surface area (Å²) in [5, 5.41) is 1.48. The number of hydrogen-bond donors (Lipinski definition) is 0. The predicted molar refractivity (Wildman–Crippen MR) is 74.6 cm³/mol. The van der Waals surface area contributed by atoms with Gasteiger partial charge >= 0.3 is 5.97 Å². The number of pyridine rings is 1. The first-order valence-electron chi connectivity index (χ1n) is 5.71. The summed E-state index contributed by atoms with van der Waals surface area (Å²) >= 11 is 1.21. The molecule has 0 saturated carbocycles. The molecule has 2 rings (SSSR count). The number of esters is 1. The summed E-state index contributed by atoms with van der Waals surface area (Å²) in [6.45, 7) is 1.96. The van der Waals surface area contributed by atoms with Crippen LogP contribution in [-0.2, 0) is 9.53 Å². The van der Waals surface area contributed by atoms with Gasteiger partial charge in [0, 0.05) is 10.9 Å². The normalized spacial score (nSPS) is 10.4. The van der Waals surface area contributed by atoms with Gasteiger partial charge in [-0.2, -0.15) is 0 Å². The van der Waals surface area contributed by atoms with Gasteiger partial charge in [-0.05, 0) is 18.6 Å². The fourth-order valence-corrected chi connectivity index (χ4v) is 2.53. The highest BCUT2D eigenvalue weighted by atomic mass is 32.2. The highest BCUT2D eigenvalue weighted by molar-refractivity contribution is 8.00. The summed E-state index contributed by atoms with van der Waals surface area (Å²) in [6.07, 6.45) is 0.758. The van der Waals surface area contributed by atoms with E-state index in [0.717, 1.165) is 22.8 Å². The lowest BCUT2D eigenvalue weighted by molar-refractivity contribution is -0.137. The molecule has 5 heteroatoms. The van der Waals surface area contributed by atoms with Crippen LogP contribution in [0.15, 0.2) is 29.3 Å². The van der Waals surface area contributed by atoms with Crippen molar-refractivity contribution in [3.8, 4) is 0 Å². The SMILES string of the molecule is COC(=O)CSc1nc2c(C)cccc2cc1C=O. The second-order valence-electron chi connectivity index (χ2n) is 4.01. The third kappa shape index (κ3) is 2.93. The second kappa shape index (κ2) is 5.84. The first-order chi connectivity index (χ1) is 9.15. The van der Waals surface area contributed by atoms with Gasteiger partial charge in [0.15, 0.2) is 6.29 Å². The van der Waals surface area contributed by atoms with Crippen molar-refractivity contribution in [2.45, 2.75) is 11.9 Å². The summed E-state index contributed by atoms with van der Waals surface area (Å²) in [6, 6.07) is 7.60. The maximum Gasteiger partial charge on any atom is 0.316 e. The van der Waals surface area contributed by atoms with Crippen molar-refractivity contribution in [1.82, 2.24) is 4.98 Å². The number of benzene rings is 1. The monoisotopic (exact) mass is 275 g/mol. The van der Waals surface area contributed by atoms with Crippen LogP contribution in [0.1, 0.15) is 15.9 Å². The molecule has 0 spiro atoms. The molecule has 0 radical (unpaired) electrons. The van der Waals surface area contributed by atoms with E-state index < -0.39 is 0 Å². The molecule has 98 valence electrons. The van der Waals surface area contributed by atoms with E-state index in [1.165, 1.54) is 18.9 Å². The van der Waals surface area contributed by atoms with Crippen molar-refractivity contribution in [1.29, 1.82) is 0 Å². The minimum atomic E-state index is -0.339. The molecule has 0 N–H and O–H groups in total. The summed E-state index contributed by atoms with van der Waals surface area (Å²) in [5.41, 5.74) is 2.38. The highest BCUT2D eigenvalue weighted by Gasteiger charge is 2.10. The third-order valence-electron chi connectivity index (χ3n) is 2.72. The zero-order valence-electron chi connectivity index (χ0n) is 10.7. The molecular formula is C14H13NO3S. The number of rotatable bonds is 4. The molecule has 0 amide bonds. The molecule has 0 aliphatic carbocycles. The number of thioether (sulfide) groups is 1. The lowest BCUT2D eigenvalue weighted by Crippen LogP contribution is -2.04. The van der Waals surface area contributed by atoms with Crippen LogP contribution >= 0.6 is 11.8 Å². The highest BCUT2D eigenvalue weighted by Crippen LogP contribution is 2.25. The van der Waals surface area contributed by atoms with Crippen molar-refractivity contribution >= 4 is 34.9 Å². The molecular weight excluding hydrogens is 262 g/mol. The molecule has 1 aromatic heterocycles. The van der Waals surface area contributed by atoms with Crippen molar-refractivity contribution in [3.63, 3.8) is 0 Å². The molecule has 0 atom stereocenters. The minimum absolute atomic E-state index is 0.141. The molecule has 0 bridgehead atoms. The number of fused-ring (bicyclic) bond motifs is 1. The van der Waals surface area contributed by atoms with Crippen LogP contribution in [0, 0.1) is 6.92 Å². The van der Waals surface area contributed by atoms with Gasteiger partial charge in [0.1, 0.15) is 5.03 Å². The van der Waals surface area contributed by atoms with Crippen molar-refractivity contribution in [2.24, 2.45) is 0 Å². The van der Waals surface area contributed by atoms with E-state index in [0.29, 0.717) is 10.6 Å². The lowest BCUT2D eigenvalue weighted by atomic mass is 10.1. The Labute approximate surface area is 115 Å². The quantitative estimate of drug-likeness (QED) is 0.488. The molecule has 0 unspecified atom stereocenters. The molecule has 0 aliphatic rings. The van der Waals surface area contributed by atoms with Crippen LogP contribution in [0.5, 0.6) is 0 Å². The Kier molecular flexibility index (Phi) is 4.16. The number of carbonyl (C=O) groups excluding carboxylic acids is 2. The number of hydrogen-bond acceptors (Lipinski definition) is 5. The Morgan fingerprint density at radius 2 is 2.26 bits per heavy atom. The predicted octanol–water partition coefficient (Wildman–Crippen LogP) is 2.62. The Hall–Kier alpha value is -1.88. The zero-order chi connectivity index (χ0) is 13.8. The Morgan fingerprint density at radius 1 is 1.47 bits per heavy atom. The van der Waals surface area contributed by atoms with E-state index in [1.807, 2.05) is 25.1 Å². The smallest absolute Gasteiger partial charge is 0.316 e. The number of nitrogens with zero attached hydrogens (tertiary/aromatic N) is 1. The van der Waals surface area contributed by atoms with Crippen LogP contribution in [0.3, 0.4) is 0 Å². The van der Waals surface area contributed by atoms with E-state index in [9.17, 15) is 9.59 Å². The summed E-state index contributed by atoms with van der Waals surface area (Å²) in [7, 11) is 1.33. The van der Waals surface area contributed by atoms with Crippen molar-refractivity contribution < 1.29 is 14.3 Å². The molecule has 1 heterocycles. The van der Waals surface area contributed by atoms with Crippen molar-refractivity contribution in [3.05, 3.63) is 35.4 Å². The molecule has 0 fully saturated rings. The van der Waals surface area contributed by atoms with Gasteiger partial charge in [-0.3, -0.25) is 9.59 Å². The Morgan fingerprint density at radius 3 is 2.95 bits per heavy atom. The molecule has 19 heavy (non-hydrogen) atoms. The minimum Gasteiger partial charge on any atom is -0.468 e. The number of methoxy groups -OCH3 is 1. The first-order valence-corrected chi connectivity index (χ1v) is 6.69. The molecule has 0 saturated heterocycles. The second-order valence-corrected chi connectivity index (χ2v) is 4.98. The molecule has 2 aromatic rings. The Bertz CT molecular complexity index is 640. The maximum absolute atomic E-state index is 11.2. The molecule has 1 aromatic carbocycles. The molecule has 0 aliphatic heterocycles. The zero-order valence-corrected chi connectivity index (χ0v) is 11.5. The number of para-hydroxylation sites is 1. The van der Waals surface area contributed by atoms with Gasteiger partial charge in [0.25, 0.3) is 0 Å². The van der Waals surface area contributed by atoms with Gasteiger partial charge in [0.05, 0.1) is 18.4 Å². The average molecular weight is 275 g/mol. The standard InChI is InChI=1S/C14H13NO3S/c1-9-4-3-5-10-6-11(7-16)14(15-13(9)10)19-8-12(17)18-2/h3-7H,8H2,1-2H3. The lowest BCUT2D eigenvalue weighted by Gasteiger charge is -2.07. The van der Waals surface area contributed by atoms with Crippen LogP contribution in [0.2, 0.25) is 0 Å². The summed E-state index contributed by atoms with van der Waals surface area (Å²) in [4.78, 5) is 26.7. The molecule has 4 nitrogen and oxygen atoms in total. The van der Waals surface area contributed by atoms with Gasteiger partial charge in [0.2, 0.25) is 0 Å². The van der Waals surface area contributed by atoms with Crippen molar-refractivity contribution in [2.75, 3.05) is 12.9 Å². The van der Waals surface area contributed by atoms with E-state index in [1.54, 1.807) is 6.07 Å². The topological polar surface area (TPSA) is 56.3 Å². The van der Waals surface area contributed by atoms with Crippen LogP contribution in [0.4, 0.5) is 0 Å². The van der Waals surface area contributed by atoms with Gasteiger partial charge < -0.3 is 4.74 Å². The first kappa shape index (κ1) is 13.5. The van der Waals surface area contributed by atoms with Crippen LogP contribution in [-0.4, -0.2) is 30.1 Å². The Balaban J connectivity index is 2.43. The third-order valence-corrected chi connectivity index (χ3v) is 3.70. The average Bonchev–Trinajstić information content (AvgIpc) is 2.44. The van der Waals surface area contributed by atoms with Gasteiger partial charge in [-0.25, -0.2) is 4.98 Å². The van der Waals surface area contributed by atoms with E-state index >= 15 is 0 Å². The van der Waals surface area contributed by atoms with Crippen LogP contribution < -0.4 is 0 Å². The maximum atomic E-state index is 11.2. The summed E-state index contributed by atoms with van der Waals surface area (Å²) < 4.78 is 4.58. The number of aromatic nitrogens is 1. The largest absolute Gasteiger partial charge is 0.468 e. The fourth-order valence-electron chi connectivity index (χ4n) is 1.73. The van der Waals surface area contributed by atoms with Crippen LogP contribution in [0.25, 0.3) is 10.9 Å². The number of ether oxygens (including phenoxy) is 1. The van der Waals surface area contributed by atoms with E-state index in [2.05, 4.69) is 9.72 Å².